The van der Waals surface area contributed by atoms with E-state index in [2.05, 4.69) is 0 Å². The second-order valence-electron chi connectivity index (χ2n) is 4.49. The van der Waals surface area contributed by atoms with E-state index in [0.717, 1.165) is 11.1 Å². The zero-order valence-electron chi connectivity index (χ0n) is 9.85. The monoisotopic (exact) mass is 268 g/mol. The topological polar surface area (TPSA) is 55.8 Å². The molecule has 1 aromatic carbocycles. The maximum absolute atomic E-state index is 11.7. The fourth-order valence-electron chi connectivity index (χ4n) is 2.67. The van der Waals surface area contributed by atoms with Gasteiger partial charge in [0.1, 0.15) is 17.8 Å². The van der Waals surface area contributed by atoms with Crippen molar-refractivity contribution >= 4 is 17.6 Å². The molecule has 0 spiro atoms. The van der Waals surface area contributed by atoms with Crippen LogP contribution in [0.15, 0.2) is 12.1 Å². The largest absolute Gasteiger partial charge is 0.487 e. The fourth-order valence-corrected chi connectivity index (χ4v) is 2.88. The van der Waals surface area contributed by atoms with Crippen molar-refractivity contribution in [2.45, 2.75) is 25.6 Å². The van der Waals surface area contributed by atoms with Gasteiger partial charge in [-0.05, 0) is 18.6 Å². The van der Waals surface area contributed by atoms with Crippen molar-refractivity contribution in [2.75, 3.05) is 6.61 Å². The van der Waals surface area contributed by atoms with E-state index in [-0.39, 0.29) is 30.5 Å². The number of benzene rings is 1. The van der Waals surface area contributed by atoms with Gasteiger partial charge >= 0.3 is 5.97 Å². The highest BCUT2D eigenvalue weighted by molar-refractivity contribution is 6.32. The summed E-state index contributed by atoms with van der Waals surface area (Å²) in [6.45, 7) is 2.06. The van der Waals surface area contributed by atoms with Crippen LogP contribution in [0.3, 0.4) is 0 Å². The van der Waals surface area contributed by atoms with E-state index >= 15 is 0 Å². The zero-order chi connectivity index (χ0) is 12.9. The lowest BCUT2D eigenvalue weighted by Crippen LogP contribution is -2.13. The van der Waals surface area contributed by atoms with Gasteiger partial charge in [0.25, 0.3) is 0 Å². The van der Waals surface area contributed by atoms with Crippen molar-refractivity contribution in [3.8, 4) is 5.75 Å². The van der Waals surface area contributed by atoms with Crippen LogP contribution in [0.25, 0.3) is 0 Å². The number of halogens is 1. The number of hydrogen-bond donors (Lipinski definition) is 1. The number of carbonyl (C=O) groups excluding carboxylic acids is 1. The summed E-state index contributed by atoms with van der Waals surface area (Å²) in [6, 6.07) is 3.48. The molecule has 1 aliphatic carbocycles. The van der Waals surface area contributed by atoms with Gasteiger partial charge in [-0.2, -0.15) is 0 Å². The number of aliphatic hydroxyl groups excluding tert-OH is 1. The summed E-state index contributed by atoms with van der Waals surface area (Å²) in [5.41, 5.74) is 1.64. The second-order valence-corrected chi connectivity index (χ2v) is 4.90. The van der Waals surface area contributed by atoms with Gasteiger partial charge in [0.05, 0.1) is 18.2 Å². The summed E-state index contributed by atoms with van der Waals surface area (Å²) >= 11 is 6.05. The maximum Gasteiger partial charge on any atom is 0.313 e. The Morgan fingerprint density at radius 1 is 1.56 bits per heavy atom. The van der Waals surface area contributed by atoms with Gasteiger partial charge in [0, 0.05) is 11.5 Å². The summed E-state index contributed by atoms with van der Waals surface area (Å²) in [5, 5.41) is 9.87. The minimum absolute atomic E-state index is 0.0140. The van der Waals surface area contributed by atoms with Gasteiger partial charge in [0.2, 0.25) is 0 Å². The van der Waals surface area contributed by atoms with Crippen molar-refractivity contribution < 1.29 is 19.4 Å². The Hall–Kier alpha value is -1.26. The molecular weight excluding hydrogens is 256 g/mol. The van der Waals surface area contributed by atoms with Crippen molar-refractivity contribution in [1.29, 1.82) is 0 Å². The summed E-state index contributed by atoms with van der Waals surface area (Å²) in [7, 11) is 0. The summed E-state index contributed by atoms with van der Waals surface area (Å²) < 4.78 is 10.7. The number of hydrogen-bond acceptors (Lipinski definition) is 4. The summed E-state index contributed by atoms with van der Waals surface area (Å²) in [5.74, 6) is 0.113. The number of rotatable bonds is 3. The predicted molar refractivity (Wildman–Crippen MR) is 64.7 cm³/mol. The molecule has 0 saturated heterocycles. The molecule has 5 heteroatoms. The molecule has 4 nitrogen and oxygen atoms in total. The molecule has 18 heavy (non-hydrogen) atoms. The molecule has 1 heterocycles. The Balaban J connectivity index is 1.93. The lowest BCUT2D eigenvalue weighted by Gasteiger charge is -2.12. The van der Waals surface area contributed by atoms with E-state index in [9.17, 15) is 9.90 Å². The van der Waals surface area contributed by atoms with Crippen molar-refractivity contribution in [2.24, 2.45) is 5.92 Å². The first kappa shape index (κ1) is 11.8. The van der Waals surface area contributed by atoms with Gasteiger partial charge in [-0.15, -0.1) is 0 Å². The average molecular weight is 269 g/mol. The Bertz CT molecular complexity index is 514. The standard InChI is InChI=1S/C13H13ClO4/c1-2-17-13(16)10-9-8-6(5-15)3-4-7(14)11(8)18-12(9)10/h3-4,9-10,12,15H,2,5H2,1H3. The van der Waals surface area contributed by atoms with E-state index in [4.69, 9.17) is 21.1 Å². The number of fused-ring (bicyclic) bond motifs is 3. The molecule has 0 amide bonds. The molecule has 1 fully saturated rings. The Kier molecular flexibility index (Phi) is 2.72. The first-order valence-corrected chi connectivity index (χ1v) is 6.32. The molecule has 0 bridgehead atoms. The molecule has 3 rings (SSSR count). The SMILES string of the molecule is CCOC(=O)C1C2Oc3c(Cl)ccc(CO)c3C21. The predicted octanol–water partition coefficient (Wildman–Crippen LogP) is 1.87. The average Bonchev–Trinajstić information content (AvgIpc) is 2.93. The smallest absolute Gasteiger partial charge is 0.313 e. The van der Waals surface area contributed by atoms with Gasteiger partial charge in [-0.25, -0.2) is 0 Å². The van der Waals surface area contributed by atoms with Crippen LogP contribution in [-0.2, 0) is 16.1 Å². The number of esters is 1. The third-order valence-corrected chi connectivity index (χ3v) is 3.81. The highest BCUT2D eigenvalue weighted by atomic mass is 35.5. The molecule has 1 aliphatic heterocycles. The molecule has 96 valence electrons. The van der Waals surface area contributed by atoms with E-state index in [1.807, 2.05) is 0 Å². The maximum atomic E-state index is 11.7. The van der Waals surface area contributed by atoms with Gasteiger partial charge < -0.3 is 14.6 Å². The third-order valence-electron chi connectivity index (χ3n) is 3.51. The van der Waals surface area contributed by atoms with Crippen LogP contribution < -0.4 is 4.74 Å². The molecule has 0 aromatic heterocycles. The van der Waals surface area contributed by atoms with Crippen LogP contribution >= 0.6 is 11.6 Å². The Labute approximate surface area is 109 Å². The van der Waals surface area contributed by atoms with Crippen LogP contribution in [0.4, 0.5) is 0 Å². The zero-order valence-corrected chi connectivity index (χ0v) is 10.6. The van der Waals surface area contributed by atoms with E-state index in [1.165, 1.54) is 0 Å². The summed E-state index contributed by atoms with van der Waals surface area (Å²) in [4.78, 5) is 11.7. The van der Waals surface area contributed by atoms with E-state index in [1.54, 1.807) is 19.1 Å². The van der Waals surface area contributed by atoms with Gasteiger partial charge in [-0.1, -0.05) is 17.7 Å². The Morgan fingerprint density at radius 2 is 2.33 bits per heavy atom. The Morgan fingerprint density at radius 3 is 3.00 bits per heavy atom. The van der Waals surface area contributed by atoms with Gasteiger partial charge in [0.15, 0.2) is 0 Å². The van der Waals surface area contributed by atoms with Crippen molar-refractivity contribution in [3.05, 3.63) is 28.3 Å². The third kappa shape index (κ3) is 1.52. The van der Waals surface area contributed by atoms with Crippen molar-refractivity contribution in [3.63, 3.8) is 0 Å². The number of aliphatic hydroxyl groups is 1. The van der Waals surface area contributed by atoms with Crippen LogP contribution in [0.1, 0.15) is 24.0 Å². The fraction of sp³-hybridized carbons (Fsp3) is 0.462. The molecule has 0 radical (unpaired) electrons. The first-order chi connectivity index (χ1) is 8.69. The lowest BCUT2D eigenvalue weighted by molar-refractivity contribution is -0.145. The molecule has 3 atom stereocenters. The van der Waals surface area contributed by atoms with Crippen molar-refractivity contribution in [1.82, 2.24) is 0 Å². The van der Waals surface area contributed by atoms with E-state index in [0.29, 0.717) is 17.4 Å². The first-order valence-electron chi connectivity index (χ1n) is 5.94. The second kappa shape index (κ2) is 4.14. The molecular formula is C13H13ClO4. The van der Waals surface area contributed by atoms with Crippen LogP contribution in [0.2, 0.25) is 5.02 Å². The quantitative estimate of drug-likeness (QED) is 0.851. The molecule has 1 aromatic rings. The van der Waals surface area contributed by atoms with Gasteiger partial charge in [-0.3, -0.25) is 4.79 Å². The summed E-state index contributed by atoms with van der Waals surface area (Å²) in [6.07, 6.45) is -0.177. The lowest BCUT2D eigenvalue weighted by atomic mass is 10.0. The van der Waals surface area contributed by atoms with Crippen LogP contribution in [-0.4, -0.2) is 23.8 Å². The molecule has 2 aliphatic rings. The molecule has 1 N–H and O–H groups in total. The minimum atomic E-state index is -0.249. The molecule has 3 unspecified atom stereocenters. The van der Waals surface area contributed by atoms with E-state index < -0.39 is 0 Å². The molecule has 1 saturated carbocycles. The van der Waals surface area contributed by atoms with Crippen LogP contribution in [0.5, 0.6) is 5.75 Å². The van der Waals surface area contributed by atoms with Crippen LogP contribution in [0, 0.1) is 5.92 Å². The minimum Gasteiger partial charge on any atom is -0.487 e. The highest BCUT2D eigenvalue weighted by Gasteiger charge is 2.64. The normalized spacial score (nSPS) is 27.2. The number of ether oxygens (including phenoxy) is 2. The number of carbonyl (C=O) groups is 1. The highest BCUT2D eigenvalue weighted by Crippen LogP contribution is 2.61.